The van der Waals surface area contributed by atoms with Crippen LogP contribution in [0.3, 0.4) is 0 Å². The number of rotatable bonds is 3. The number of carbonyl (C=O) groups is 2. The van der Waals surface area contributed by atoms with Crippen LogP contribution in [0.1, 0.15) is 46.0 Å². The van der Waals surface area contributed by atoms with Crippen LogP contribution in [0.2, 0.25) is 0 Å². The molecule has 6 nitrogen and oxygen atoms in total. The van der Waals surface area contributed by atoms with E-state index in [0.717, 1.165) is 10.8 Å². The van der Waals surface area contributed by atoms with Gasteiger partial charge in [-0.2, -0.15) is 0 Å². The lowest BCUT2D eigenvalue weighted by Crippen LogP contribution is -2.21. The van der Waals surface area contributed by atoms with Crippen molar-refractivity contribution in [3.8, 4) is 5.75 Å². The molecule has 28 heavy (non-hydrogen) atoms. The van der Waals surface area contributed by atoms with Gasteiger partial charge in [0.25, 0.3) is 15.9 Å². The highest BCUT2D eigenvalue weighted by molar-refractivity contribution is 7.90. The summed E-state index contributed by atoms with van der Waals surface area (Å²) in [6.07, 6.45) is 0. The van der Waals surface area contributed by atoms with Gasteiger partial charge in [-0.05, 0) is 34.4 Å². The lowest BCUT2D eigenvalue weighted by molar-refractivity contribution is 0.0736. The molecule has 4 rings (SSSR count). The van der Waals surface area contributed by atoms with Crippen molar-refractivity contribution in [2.75, 3.05) is 0 Å². The standard InChI is InChI=1S/C21H17NO5S/c1-12(2)17-10-14(11-18-19(17)20(23)22-28(18,25)26)27-21(24)16-9-5-7-13-6-3-4-8-15(13)16/h3-12H,1-2H3,(H,22,23). The van der Waals surface area contributed by atoms with E-state index in [9.17, 15) is 18.0 Å². The smallest absolute Gasteiger partial charge is 0.344 e. The Morgan fingerprint density at radius 1 is 1.04 bits per heavy atom. The Morgan fingerprint density at radius 3 is 2.50 bits per heavy atom. The van der Waals surface area contributed by atoms with E-state index in [1.807, 2.05) is 48.9 Å². The predicted octanol–water partition coefficient (Wildman–Crippen LogP) is 3.61. The van der Waals surface area contributed by atoms with Crippen LogP contribution >= 0.6 is 0 Å². The molecule has 1 aliphatic rings. The van der Waals surface area contributed by atoms with E-state index in [1.54, 1.807) is 18.2 Å². The van der Waals surface area contributed by atoms with Crippen molar-refractivity contribution < 1.29 is 22.7 Å². The Morgan fingerprint density at radius 2 is 1.75 bits per heavy atom. The summed E-state index contributed by atoms with van der Waals surface area (Å²) in [6.45, 7) is 3.67. The topological polar surface area (TPSA) is 89.5 Å². The molecule has 1 heterocycles. The maximum Gasteiger partial charge on any atom is 0.344 e. The third-order valence-electron chi connectivity index (χ3n) is 4.69. The number of nitrogens with one attached hydrogen (secondary N) is 1. The van der Waals surface area contributed by atoms with Gasteiger partial charge in [0, 0.05) is 6.07 Å². The first kappa shape index (κ1) is 18.2. The zero-order valence-corrected chi connectivity index (χ0v) is 16.0. The van der Waals surface area contributed by atoms with Crippen LogP contribution in [-0.2, 0) is 10.0 Å². The highest BCUT2D eigenvalue weighted by atomic mass is 32.2. The Kier molecular flexibility index (Phi) is 4.19. The molecule has 1 amide bonds. The Balaban J connectivity index is 1.80. The van der Waals surface area contributed by atoms with Crippen molar-refractivity contribution in [1.29, 1.82) is 0 Å². The molecule has 0 bridgehead atoms. The number of carbonyl (C=O) groups excluding carboxylic acids is 2. The van der Waals surface area contributed by atoms with E-state index in [0.29, 0.717) is 11.1 Å². The van der Waals surface area contributed by atoms with E-state index in [4.69, 9.17) is 4.74 Å². The summed E-state index contributed by atoms with van der Waals surface area (Å²) in [5.41, 5.74) is 0.999. The van der Waals surface area contributed by atoms with Crippen LogP contribution in [0, 0.1) is 0 Å². The summed E-state index contributed by atoms with van der Waals surface area (Å²) in [7, 11) is -3.96. The van der Waals surface area contributed by atoms with Gasteiger partial charge in [0.2, 0.25) is 0 Å². The summed E-state index contributed by atoms with van der Waals surface area (Å²) >= 11 is 0. The number of amides is 1. The van der Waals surface area contributed by atoms with Crippen molar-refractivity contribution in [3.05, 3.63) is 71.3 Å². The number of esters is 1. The maximum absolute atomic E-state index is 12.8. The summed E-state index contributed by atoms with van der Waals surface area (Å²) in [6, 6.07) is 15.5. The largest absolute Gasteiger partial charge is 0.423 e. The monoisotopic (exact) mass is 395 g/mol. The lowest BCUT2D eigenvalue weighted by atomic mass is 9.96. The number of hydrogen-bond donors (Lipinski definition) is 1. The molecule has 0 aliphatic carbocycles. The molecular weight excluding hydrogens is 378 g/mol. The van der Waals surface area contributed by atoms with E-state index < -0.39 is 21.9 Å². The van der Waals surface area contributed by atoms with Crippen LogP contribution in [-0.4, -0.2) is 20.3 Å². The van der Waals surface area contributed by atoms with E-state index in [-0.39, 0.29) is 22.1 Å². The first-order valence-electron chi connectivity index (χ1n) is 8.73. The fourth-order valence-electron chi connectivity index (χ4n) is 3.37. The number of sulfonamides is 1. The van der Waals surface area contributed by atoms with E-state index >= 15 is 0 Å². The predicted molar refractivity (Wildman–Crippen MR) is 104 cm³/mol. The van der Waals surface area contributed by atoms with Gasteiger partial charge in [-0.3, -0.25) is 4.79 Å². The van der Waals surface area contributed by atoms with Crippen molar-refractivity contribution in [2.24, 2.45) is 0 Å². The first-order valence-corrected chi connectivity index (χ1v) is 10.2. The number of ether oxygens (including phenoxy) is 1. The molecule has 7 heteroatoms. The maximum atomic E-state index is 12.8. The second-order valence-corrected chi connectivity index (χ2v) is 8.54. The molecule has 0 unspecified atom stereocenters. The summed E-state index contributed by atoms with van der Waals surface area (Å²) < 4.78 is 32.0. The van der Waals surface area contributed by atoms with Gasteiger partial charge in [0.1, 0.15) is 10.6 Å². The average molecular weight is 395 g/mol. The van der Waals surface area contributed by atoms with Gasteiger partial charge in [0.15, 0.2) is 0 Å². The zero-order chi connectivity index (χ0) is 20.1. The minimum absolute atomic E-state index is 0.0838. The fourth-order valence-corrected chi connectivity index (χ4v) is 4.58. The molecule has 3 aromatic rings. The van der Waals surface area contributed by atoms with Gasteiger partial charge < -0.3 is 4.74 Å². The van der Waals surface area contributed by atoms with Crippen LogP contribution in [0.15, 0.2) is 59.5 Å². The molecular formula is C21H17NO5S. The molecule has 0 aromatic heterocycles. The summed E-state index contributed by atoms with van der Waals surface area (Å²) in [5.74, 6) is -1.31. The number of hydrogen-bond acceptors (Lipinski definition) is 5. The highest BCUT2D eigenvalue weighted by Gasteiger charge is 2.36. The molecule has 0 spiro atoms. The summed E-state index contributed by atoms with van der Waals surface area (Å²) in [5, 5.41) is 1.64. The van der Waals surface area contributed by atoms with Crippen LogP contribution in [0.25, 0.3) is 10.8 Å². The molecule has 0 saturated heterocycles. The molecule has 3 aromatic carbocycles. The molecule has 0 fully saturated rings. The van der Waals surface area contributed by atoms with Crippen molar-refractivity contribution in [1.82, 2.24) is 4.72 Å². The Bertz CT molecular complexity index is 1240. The fraction of sp³-hybridized carbons (Fsp3) is 0.143. The number of benzene rings is 3. The van der Waals surface area contributed by atoms with Gasteiger partial charge >= 0.3 is 5.97 Å². The lowest BCUT2D eigenvalue weighted by Gasteiger charge is -2.13. The third kappa shape index (κ3) is 2.93. The molecule has 142 valence electrons. The van der Waals surface area contributed by atoms with Crippen LogP contribution in [0.5, 0.6) is 5.75 Å². The minimum Gasteiger partial charge on any atom is -0.423 e. The molecule has 1 N–H and O–H groups in total. The second-order valence-electron chi connectivity index (χ2n) is 6.89. The molecule has 0 radical (unpaired) electrons. The average Bonchev–Trinajstić information content (AvgIpc) is 2.89. The SMILES string of the molecule is CC(C)c1cc(OC(=O)c2cccc3ccccc23)cc2c1C(=O)NS2(=O)=O. The first-order chi connectivity index (χ1) is 13.3. The van der Waals surface area contributed by atoms with Crippen LogP contribution < -0.4 is 9.46 Å². The molecule has 0 atom stereocenters. The molecule has 1 aliphatic heterocycles. The second kappa shape index (κ2) is 6.45. The van der Waals surface area contributed by atoms with Crippen molar-refractivity contribution in [3.63, 3.8) is 0 Å². The summed E-state index contributed by atoms with van der Waals surface area (Å²) in [4.78, 5) is 24.7. The van der Waals surface area contributed by atoms with Gasteiger partial charge in [-0.25, -0.2) is 17.9 Å². The Labute approximate surface area is 162 Å². The zero-order valence-electron chi connectivity index (χ0n) is 15.2. The number of fused-ring (bicyclic) bond motifs is 2. The van der Waals surface area contributed by atoms with Gasteiger partial charge in [0.05, 0.1) is 11.1 Å². The van der Waals surface area contributed by atoms with Crippen molar-refractivity contribution >= 4 is 32.7 Å². The Hall–Kier alpha value is -3.19. The van der Waals surface area contributed by atoms with Gasteiger partial charge in [-0.1, -0.05) is 50.2 Å². The van der Waals surface area contributed by atoms with Crippen LogP contribution in [0.4, 0.5) is 0 Å². The minimum atomic E-state index is -3.96. The van der Waals surface area contributed by atoms with E-state index in [2.05, 4.69) is 0 Å². The van der Waals surface area contributed by atoms with E-state index in [1.165, 1.54) is 6.07 Å². The highest BCUT2D eigenvalue weighted by Crippen LogP contribution is 2.34. The molecule has 0 saturated carbocycles. The van der Waals surface area contributed by atoms with Gasteiger partial charge in [-0.15, -0.1) is 0 Å². The third-order valence-corrected chi connectivity index (χ3v) is 6.05. The normalized spacial score (nSPS) is 14.8. The van der Waals surface area contributed by atoms with Crippen molar-refractivity contribution in [2.45, 2.75) is 24.7 Å². The quantitative estimate of drug-likeness (QED) is 0.540.